The van der Waals surface area contributed by atoms with Crippen LogP contribution in [0.3, 0.4) is 0 Å². The number of rotatable bonds is 6. The third-order valence-corrected chi connectivity index (χ3v) is 4.83. The van der Waals surface area contributed by atoms with Crippen molar-refractivity contribution in [3.63, 3.8) is 0 Å². The second kappa shape index (κ2) is 7.40. The number of benzene rings is 2. The predicted octanol–water partition coefficient (Wildman–Crippen LogP) is 3.48. The van der Waals surface area contributed by atoms with E-state index in [0.717, 1.165) is 16.4 Å². The summed E-state index contributed by atoms with van der Waals surface area (Å²) in [6, 6.07) is 12.3. The van der Waals surface area contributed by atoms with E-state index in [9.17, 15) is 14.9 Å². The lowest BCUT2D eigenvalue weighted by Crippen LogP contribution is -2.11. The molecule has 1 aromatic heterocycles. The monoisotopic (exact) mass is 368 g/mol. The van der Waals surface area contributed by atoms with Crippen LogP contribution in [0.5, 0.6) is 0 Å². The number of aromatic nitrogens is 2. The molecule has 0 aliphatic carbocycles. The van der Waals surface area contributed by atoms with Gasteiger partial charge in [-0.25, -0.2) is 4.98 Å². The average Bonchev–Trinajstić information content (AvgIpc) is 3.08. The first kappa shape index (κ1) is 17.7. The zero-order valence-electron chi connectivity index (χ0n) is 14.0. The van der Waals surface area contributed by atoms with Crippen LogP contribution in [0.1, 0.15) is 21.5 Å². The SMILES string of the molecule is Cc1cccc(-n2ccnc2SCc2ccc(C(N)=O)cc2[N+](=O)[O-])c1. The minimum atomic E-state index is -0.692. The number of nitrogens with two attached hydrogens (primary N) is 1. The minimum absolute atomic E-state index is 0.117. The fourth-order valence-corrected chi connectivity index (χ4v) is 3.49. The summed E-state index contributed by atoms with van der Waals surface area (Å²) in [5.74, 6) is -0.347. The largest absolute Gasteiger partial charge is 0.366 e. The number of hydrogen-bond donors (Lipinski definition) is 1. The van der Waals surface area contributed by atoms with Gasteiger partial charge in [-0.3, -0.25) is 19.5 Å². The van der Waals surface area contributed by atoms with Crippen LogP contribution in [-0.2, 0) is 5.75 Å². The maximum atomic E-state index is 11.3. The van der Waals surface area contributed by atoms with Gasteiger partial charge in [0.15, 0.2) is 5.16 Å². The maximum Gasteiger partial charge on any atom is 0.274 e. The van der Waals surface area contributed by atoms with Crippen molar-refractivity contribution in [3.8, 4) is 5.69 Å². The van der Waals surface area contributed by atoms with Gasteiger partial charge in [0.25, 0.3) is 5.69 Å². The van der Waals surface area contributed by atoms with E-state index in [4.69, 9.17) is 5.73 Å². The first-order valence-electron chi connectivity index (χ1n) is 7.76. The molecule has 0 radical (unpaired) electrons. The van der Waals surface area contributed by atoms with Gasteiger partial charge in [0.05, 0.1) is 4.92 Å². The van der Waals surface area contributed by atoms with Gasteiger partial charge in [0, 0.05) is 41.0 Å². The molecule has 132 valence electrons. The Hall–Kier alpha value is -3.13. The van der Waals surface area contributed by atoms with E-state index in [1.54, 1.807) is 12.3 Å². The molecule has 0 saturated carbocycles. The lowest BCUT2D eigenvalue weighted by atomic mass is 10.1. The molecule has 0 saturated heterocycles. The summed E-state index contributed by atoms with van der Waals surface area (Å²) in [5.41, 5.74) is 7.80. The second-order valence-electron chi connectivity index (χ2n) is 5.67. The van der Waals surface area contributed by atoms with E-state index in [2.05, 4.69) is 4.98 Å². The Bertz CT molecular complexity index is 984. The molecule has 2 aromatic carbocycles. The van der Waals surface area contributed by atoms with Crippen molar-refractivity contribution in [3.05, 3.63) is 81.7 Å². The van der Waals surface area contributed by atoms with Gasteiger partial charge in [-0.05, 0) is 30.7 Å². The molecular formula is C18H16N4O3S. The smallest absolute Gasteiger partial charge is 0.274 e. The number of imidazole rings is 1. The summed E-state index contributed by atoms with van der Waals surface area (Å²) in [5, 5.41) is 12.0. The summed E-state index contributed by atoms with van der Waals surface area (Å²) >= 11 is 1.38. The van der Waals surface area contributed by atoms with Crippen LogP contribution in [0, 0.1) is 17.0 Å². The average molecular weight is 368 g/mol. The number of nitrogens with zero attached hydrogens (tertiary/aromatic N) is 3. The molecule has 3 aromatic rings. The predicted molar refractivity (Wildman–Crippen MR) is 99.5 cm³/mol. The molecule has 1 heterocycles. The Labute approximate surface area is 154 Å². The topological polar surface area (TPSA) is 104 Å². The molecule has 0 spiro atoms. The molecule has 26 heavy (non-hydrogen) atoms. The number of carbonyl (C=O) groups is 1. The zero-order valence-corrected chi connectivity index (χ0v) is 14.8. The molecule has 0 fully saturated rings. The summed E-state index contributed by atoms with van der Waals surface area (Å²) in [6.07, 6.45) is 3.54. The molecule has 8 heteroatoms. The van der Waals surface area contributed by atoms with E-state index in [0.29, 0.717) is 11.3 Å². The number of carbonyl (C=O) groups excluding carboxylic acids is 1. The van der Waals surface area contributed by atoms with Gasteiger partial charge >= 0.3 is 0 Å². The molecule has 0 aliphatic rings. The number of amides is 1. The third kappa shape index (κ3) is 3.75. The van der Waals surface area contributed by atoms with Gasteiger partial charge in [-0.15, -0.1) is 0 Å². The van der Waals surface area contributed by atoms with Crippen LogP contribution in [0.2, 0.25) is 0 Å². The number of nitro benzene ring substituents is 1. The van der Waals surface area contributed by atoms with E-state index in [1.807, 2.05) is 42.0 Å². The molecule has 0 atom stereocenters. The minimum Gasteiger partial charge on any atom is -0.366 e. The fourth-order valence-electron chi connectivity index (χ4n) is 2.52. The number of hydrogen-bond acceptors (Lipinski definition) is 5. The molecule has 0 bridgehead atoms. The van der Waals surface area contributed by atoms with Crippen LogP contribution in [-0.4, -0.2) is 20.4 Å². The van der Waals surface area contributed by atoms with E-state index < -0.39 is 10.8 Å². The Morgan fingerprint density at radius 2 is 2.12 bits per heavy atom. The van der Waals surface area contributed by atoms with Crippen molar-refractivity contribution in [1.29, 1.82) is 0 Å². The summed E-state index contributed by atoms with van der Waals surface area (Å²) < 4.78 is 1.93. The Balaban J connectivity index is 1.86. The molecule has 3 rings (SSSR count). The first-order valence-corrected chi connectivity index (χ1v) is 8.74. The van der Waals surface area contributed by atoms with Crippen molar-refractivity contribution in [2.24, 2.45) is 5.73 Å². The number of aryl methyl sites for hydroxylation is 1. The maximum absolute atomic E-state index is 11.3. The van der Waals surface area contributed by atoms with Crippen LogP contribution >= 0.6 is 11.8 Å². The Morgan fingerprint density at radius 3 is 2.81 bits per heavy atom. The molecule has 2 N–H and O–H groups in total. The second-order valence-corrected chi connectivity index (χ2v) is 6.61. The van der Waals surface area contributed by atoms with Crippen molar-refractivity contribution in [1.82, 2.24) is 9.55 Å². The molecule has 0 unspecified atom stereocenters. The van der Waals surface area contributed by atoms with Gasteiger partial charge in [-0.1, -0.05) is 30.0 Å². The summed E-state index contributed by atoms with van der Waals surface area (Å²) in [4.78, 5) is 26.4. The highest BCUT2D eigenvalue weighted by Gasteiger charge is 2.17. The summed E-state index contributed by atoms with van der Waals surface area (Å²) in [7, 11) is 0. The van der Waals surface area contributed by atoms with Crippen LogP contribution in [0.15, 0.2) is 60.0 Å². The first-order chi connectivity index (χ1) is 12.5. The highest BCUT2D eigenvalue weighted by atomic mass is 32.2. The van der Waals surface area contributed by atoms with Gasteiger partial charge < -0.3 is 5.73 Å². The van der Waals surface area contributed by atoms with Crippen LogP contribution < -0.4 is 5.73 Å². The van der Waals surface area contributed by atoms with Gasteiger partial charge in [0.2, 0.25) is 5.91 Å². The van der Waals surface area contributed by atoms with Crippen molar-refractivity contribution < 1.29 is 9.72 Å². The highest BCUT2D eigenvalue weighted by Crippen LogP contribution is 2.29. The quantitative estimate of drug-likeness (QED) is 0.407. The van der Waals surface area contributed by atoms with Gasteiger partial charge in [0.1, 0.15) is 0 Å². The van der Waals surface area contributed by atoms with Gasteiger partial charge in [-0.2, -0.15) is 0 Å². The Morgan fingerprint density at radius 1 is 1.31 bits per heavy atom. The van der Waals surface area contributed by atoms with E-state index in [-0.39, 0.29) is 11.3 Å². The van der Waals surface area contributed by atoms with Crippen LogP contribution in [0.4, 0.5) is 5.69 Å². The lowest BCUT2D eigenvalue weighted by Gasteiger charge is -2.09. The fraction of sp³-hybridized carbons (Fsp3) is 0.111. The van der Waals surface area contributed by atoms with E-state index >= 15 is 0 Å². The molecule has 7 nitrogen and oxygen atoms in total. The Kier molecular flexibility index (Phi) is 5.04. The molecule has 1 amide bonds. The number of primary amides is 1. The standard InChI is InChI=1S/C18H16N4O3S/c1-12-3-2-4-15(9-12)21-8-7-20-18(21)26-11-14-6-5-13(17(19)23)10-16(14)22(24)25/h2-10H,11H2,1H3,(H2,19,23). The van der Waals surface area contributed by atoms with E-state index in [1.165, 1.54) is 23.9 Å². The lowest BCUT2D eigenvalue weighted by molar-refractivity contribution is -0.385. The van der Waals surface area contributed by atoms with Crippen molar-refractivity contribution in [2.75, 3.05) is 0 Å². The normalized spacial score (nSPS) is 10.7. The zero-order chi connectivity index (χ0) is 18.7. The number of thioether (sulfide) groups is 1. The summed E-state index contributed by atoms with van der Waals surface area (Å²) in [6.45, 7) is 2.01. The third-order valence-electron chi connectivity index (χ3n) is 3.81. The van der Waals surface area contributed by atoms with Crippen molar-refractivity contribution in [2.45, 2.75) is 17.8 Å². The highest BCUT2D eigenvalue weighted by molar-refractivity contribution is 7.98. The van der Waals surface area contributed by atoms with Crippen LogP contribution in [0.25, 0.3) is 5.69 Å². The number of nitro groups is 1. The molecular weight excluding hydrogens is 352 g/mol. The van der Waals surface area contributed by atoms with Crippen molar-refractivity contribution >= 4 is 23.4 Å². The molecule has 0 aliphatic heterocycles.